The fourth-order valence-electron chi connectivity index (χ4n) is 4.56. The zero-order chi connectivity index (χ0) is 27.7. The van der Waals surface area contributed by atoms with Crippen molar-refractivity contribution >= 4 is 41.7 Å². The molecule has 3 rings (SSSR count). The second-order valence-corrected chi connectivity index (χ2v) is 9.54. The van der Waals surface area contributed by atoms with E-state index in [1.165, 1.54) is 24.0 Å². The highest BCUT2D eigenvalue weighted by atomic mass is 16.9. The number of ether oxygens (including phenoxy) is 2. The summed E-state index contributed by atoms with van der Waals surface area (Å²) in [6.45, 7) is 2.19. The molecule has 0 spiro atoms. The third-order valence-electron chi connectivity index (χ3n) is 6.65. The van der Waals surface area contributed by atoms with Gasteiger partial charge in [0, 0.05) is 57.3 Å². The van der Waals surface area contributed by atoms with Gasteiger partial charge in [-0.05, 0) is 44.4 Å². The van der Waals surface area contributed by atoms with Crippen LogP contribution in [-0.2, 0) is 43.1 Å². The van der Waals surface area contributed by atoms with E-state index in [0.717, 1.165) is 12.8 Å². The molecule has 1 unspecified atom stereocenters. The predicted octanol–water partition coefficient (Wildman–Crippen LogP) is 1.50. The van der Waals surface area contributed by atoms with Crippen LogP contribution in [0.3, 0.4) is 0 Å². The number of carbonyl (C=O) groups is 7. The Bertz CT molecular complexity index is 952. The van der Waals surface area contributed by atoms with Crippen LogP contribution in [0.5, 0.6) is 0 Å². The normalized spacial score (nSPS) is 22.0. The number of hydrogen-bond acceptors (Lipinski definition) is 10. The average molecular weight is 536 g/mol. The van der Waals surface area contributed by atoms with E-state index in [1.54, 1.807) is 0 Å². The molecule has 2 aliphatic heterocycles. The molecule has 2 heterocycles. The summed E-state index contributed by atoms with van der Waals surface area (Å²) in [4.78, 5) is 88.0. The van der Waals surface area contributed by atoms with E-state index in [4.69, 9.17) is 9.47 Å². The maximum atomic E-state index is 12.4. The zero-order valence-electron chi connectivity index (χ0n) is 21.3. The molecular weight excluding hydrogens is 502 g/mol. The number of imide groups is 2. The van der Waals surface area contributed by atoms with Crippen LogP contribution in [0.4, 0.5) is 4.79 Å². The van der Waals surface area contributed by atoms with E-state index >= 15 is 0 Å². The Morgan fingerprint density at radius 1 is 0.921 bits per heavy atom. The van der Waals surface area contributed by atoms with Crippen molar-refractivity contribution in [3.63, 3.8) is 0 Å². The summed E-state index contributed by atoms with van der Waals surface area (Å²) in [6.07, 6.45) is 4.82. The van der Waals surface area contributed by atoms with Crippen molar-refractivity contribution in [1.82, 2.24) is 15.3 Å². The lowest BCUT2D eigenvalue weighted by Gasteiger charge is -2.30. The van der Waals surface area contributed by atoms with Gasteiger partial charge in [-0.3, -0.25) is 38.5 Å². The van der Waals surface area contributed by atoms with Crippen molar-refractivity contribution in [3.8, 4) is 0 Å². The van der Waals surface area contributed by atoms with Crippen LogP contribution in [0.2, 0.25) is 0 Å². The Kier molecular flexibility index (Phi) is 10.4. The van der Waals surface area contributed by atoms with Gasteiger partial charge < -0.3 is 14.8 Å². The van der Waals surface area contributed by atoms with Crippen LogP contribution in [0.1, 0.15) is 71.1 Å². The first-order valence-electron chi connectivity index (χ1n) is 12.9. The predicted molar refractivity (Wildman–Crippen MR) is 127 cm³/mol. The lowest BCUT2D eigenvalue weighted by molar-refractivity contribution is -0.191. The molecular formula is C25H33N3O10. The summed E-state index contributed by atoms with van der Waals surface area (Å²) < 4.78 is 9.69. The maximum Gasteiger partial charge on any atom is 0.537 e. The van der Waals surface area contributed by atoms with E-state index in [1.807, 2.05) is 0 Å². The number of esters is 1. The molecule has 5 amide bonds. The molecule has 2 fully saturated rings. The standard InChI is InChI=1S/C25H33N3O10/c1-16(37-25(35)38-28-21(31)12-13-22(28)32)36-23(33)5-3-2-4-14-26-24(34)18-8-6-17(7-9-18)15-27-19(29)10-11-20(27)30/h10-11,16-18H,2-9,12-15H2,1H3,(H,26,34). The lowest BCUT2D eigenvalue weighted by Crippen LogP contribution is -2.38. The minimum Gasteiger partial charge on any atom is -0.425 e. The average Bonchev–Trinajstić information content (AvgIpc) is 3.36. The van der Waals surface area contributed by atoms with Crippen molar-refractivity contribution in [2.45, 2.75) is 77.4 Å². The van der Waals surface area contributed by atoms with Crippen molar-refractivity contribution < 1.29 is 47.9 Å². The van der Waals surface area contributed by atoms with E-state index in [-0.39, 0.29) is 48.8 Å². The fraction of sp³-hybridized carbons (Fsp3) is 0.640. The molecule has 208 valence electrons. The number of rotatable bonds is 12. The molecule has 1 atom stereocenters. The summed E-state index contributed by atoms with van der Waals surface area (Å²) in [5, 5.41) is 3.26. The van der Waals surface area contributed by atoms with Crippen LogP contribution in [0.25, 0.3) is 0 Å². The minimum absolute atomic E-state index is 0.00644. The molecule has 1 saturated carbocycles. The van der Waals surface area contributed by atoms with E-state index in [9.17, 15) is 33.6 Å². The summed E-state index contributed by atoms with van der Waals surface area (Å²) in [5.74, 6) is -2.32. The highest BCUT2D eigenvalue weighted by Crippen LogP contribution is 2.30. The van der Waals surface area contributed by atoms with E-state index in [0.29, 0.717) is 50.3 Å². The minimum atomic E-state index is -1.33. The van der Waals surface area contributed by atoms with Gasteiger partial charge in [-0.15, -0.1) is 0 Å². The molecule has 0 aromatic heterocycles. The molecule has 0 aromatic rings. The van der Waals surface area contributed by atoms with Gasteiger partial charge in [-0.1, -0.05) is 11.5 Å². The number of carbonyl (C=O) groups excluding carboxylic acids is 7. The van der Waals surface area contributed by atoms with Gasteiger partial charge in [-0.25, -0.2) is 4.79 Å². The summed E-state index contributed by atoms with van der Waals surface area (Å²) in [7, 11) is 0. The van der Waals surface area contributed by atoms with Gasteiger partial charge in [0.2, 0.25) is 12.2 Å². The quantitative estimate of drug-likeness (QED) is 0.167. The van der Waals surface area contributed by atoms with Crippen LogP contribution >= 0.6 is 0 Å². The van der Waals surface area contributed by atoms with Crippen molar-refractivity contribution in [2.24, 2.45) is 11.8 Å². The van der Waals surface area contributed by atoms with Crippen LogP contribution in [0, 0.1) is 11.8 Å². The number of unbranched alkanes of at least 4 members (excludes halogenated alkanes) is 2. The van der Waals surface area contributed by atoms with Gasteiger partial charge >= 0.3 is 12.1 Å². The highest BCUT2D eigenvalue weighted by molar-refractivity contribution is 6.12. The Labute approximate surface area is 219 Å². The molecule has 38 heavy (non-hydrogen) atoms. The molecule has 13 nitrogen and oxygen atoms in total. The molecule has 0 aromatic carbocycles. The van der Waals surface area contributed by atoms with Crippen LogP contribution in [0.15, 0.2) is 12.2 Å². The summed E-state index contributed by atoms with van der Waals surface area (Å²) in [6, 6.07) is 0. The maximum absolute atomic E-state index is 12.4. The fourth-order valence-corrected chi connectivity index (χ4v) is 4.56. The third kappa shape index (κ3) is 8.38. The monoisotopic (exact) mass is 535 g/mol. The SMILES string of the molecule is CC(OC(=O)CCCCCNC(=O)C1CCC(CN2C(=O)C=CC2=O)CC1)OC(=O)ON1C(=O)CCC1=O. The number of hydroxylamine groups is 2. The van der Waals surface area contributed by atoms with Crippen LogP contribution in [-0.4, -0.2) is 71.0 Å². The lowest BCUT2D eigenvalue weighted by atomic mass is 9.81. The Balaban J connectivity index is 1.20. The Hall–Kier alpha value is -3.77. The van der Waals surface area contributed by atoms with Gasteiger partial charge in [0.25, 0.3) is 23.6 Å². The van der Waals surface area contributed by atoms with Crippen molar-refractivity contribution in [3.05, 3.63) is 12.2 Å². The molecule has 1 aliphatic carbocycles. The van der Waals surface area contributed by atoms with Gasteiger partial charge in [0.1, 0.15) is 0 Å². The molecule has 1 N–H and O–H groups in total. The van der Waals surface area contributed by atoms with Gasteiger partial charge in [0.15, 0.2) is 0 Å². The van der Waals surface area contributed by atoms with Crippen LogP contribution < -0.4 is 5.32 Å². The molecule has 1 saturated heterocycles. The number of nitrogens with zero attached hydrogens (tertiary/aromatic N) is 2. The topological polar surface area (TPSA) is 166 Å². The Morgan fingerprint density at radius 3 is 2.18 bits per heavy atom. The van der Waals surface area contributed by atoms with Crippen molar-refractivity contribution in [2.75, 3.05) is 13.1 Å². The molecule has 0 radical (unpaired) electrons. The largest absolute Gasteiger partial charge is 0.537 e. The summed E-state index contributed by atoms with van der Waals surface area (Å²) >= 11 is 0. The highest BCUT2D eigenvalue weighted by Gasteiger charge is 2.34. The van der Waals surface area contributed by atoms with E-state index in [2.05, 4.69) is 10.2 Å². The number of nitrogens with one attached hydrogen (secondary N) is 1. The zero-order valence-corrected chi connectivity index (χ0v) is 21.3. The first-order chi connectivity index (χ1) is 18.1. The second kappa shape index (κ2) is 13.7. The Morgan fingerprint density at radius 2 is 1.55 bits per heavy atom. The molecule has 3 aliphatic rings. The second-order valence-electron chi connectivity index (χ2n) is 9.54. The molecule has 0 bridgehead atoms. The summed E-state index contributed by atoms with van der Waals surface area (Å²) in [5.41, 5.74) is 0. The number of amides is 5. The van der Waals surface area contributed by atoms with Gasteiger partial charge in [0.05, 0.1) is 0 Å². The van der Waals surface area contributed by atoms with Gasteiger partial charge in [-0.2, -0.15) is 0 Å². The molecule has 13 heteroatoms. The smallest absolute Gasteiger partial charge is 0.425 e. The first kappa shape index (κ1) is 28.8. The third-order valence-corrected chi connectivity index (χ3v) is 6.65. The number of hydrogen-bond donors (Lipinski definition) is 1. The first-order valence-corrected chi connectivity index (χ1v) is 12.9. The van der Waals surface area contributed by atoms with E-state index < -0.39 is 30.2 Å². The van der Waals surface area contributed by atoms with Crippen molar-refractivity contribution in [1.29, 1.82) is 0 Å².